The van der Waals surface area contributed by atoms with E-state index >= 15 is 0 Å². The average Bonchev–Trinajstić information content (AvgIpc) is 3.00. The van der Waals surface area contributed by atoms with Gasteiger partial charge >= 0.3 is 0 Å². The largest absolute Gasteiger partial charge is 0.355 e. The highest BCUT2D eigenvalue weighted by molar-refractivity contribution is 7.99. The number of rotatable bonds is 7. The molecule has 2 aromatic heterocycles. The molecule has 8 heteroatoms. The molecule has 0 bridgehead atoms. The van der Waals surface area contributed by atoms with Gasteiger partial charge in [0.1, 0.15) is 10.8 Å². The van der Waals surface area contributed by atoms with Gasteiger partial charge in [-0.15, -0.1) is 10.2 Å². The van der Waals surface area contributed by atoms with Crippen LogP contribution in [0.25, 0.3) is 5.82 Å². The molecular weight excluding hydrogens is 365 g/mol. The number of hydrogen-bond acceptors (Lipinski definition) is 5. The molecule has 0 aliphatic rings. The zero-order valence-corrected chi connectivity index (χ0v) is 16.0. The molecule has 0 fully saturated rings. The Hall–Kier alpha value is -2.74. The van der Waals surface area contributed by atoms with Crippen LogP contribution in [0.1, 0.15) is 17.0 Å². The normalized spacial score (nSPS) is 10.8. The maximum absolute atomic E-state index is 12.9. The third-order valence-corrected chi connectivity index (χ3v) is 4.77. The Balaban J connectivity index is 1.44. The van der Waals surface area contributed by atoms with E-state index < -0.39 is 0 Å². The van der Waals surface area contributed by atoms with Crippen molar-refractivity contribution >= 4 is 17.7 Å². The minimum absolute atomic E-state index is 0.0773. The van der Waals surface area contributed by atoms with Gasteiger partial charge in [-0.2, -0.15) is 5.10 Å². The fourth-order valence-corrected chi connectivity index (χ4v) is 3.20. The first-order valence-corrected chi connectivity index (χ1v) is 9.51. The topological polar surface area (TPSA) is 72.7 Å². The van der Waals surface area contributed by atoms with Crippen molar-refractivity contribution in [1.29, 1.82) is 0 Å². The highest BCUT2D eigenvalue weighted by atomic mass is 32.2. The Morgan fingerprint density at radius 1 is 1.15 bits per heavy atom. The Labute approximate surface area is 161 Å². The minimum atomic E-state index is -0.260. The number of carbonyl (C=O) groups is 1. The smallest absolute Gasteiger partial charge is 0.230 e. The number of benzene rings is 1. The summed E-state index contributed by atoms with van der Waals surface area (Å²) in [5.41, 5.74) is 2.89. The van der Waals surface area contributed by atoms with Crippen LogP contribution >= 0.6 is 11.8 Å². The molecule has 27 heavy (non-hydrogen) atoms. The lowest BCUT2D eigenvalue weighted by atomic mass is 10.1. The highest BCUT2D eigenvalue weighted by Gasteiger charge is 2.08. The first-order chi connectivity index (χ1) is 13.0. The van der Waals surface area contributed by atoms with Crippen molar-refractivity contribution in [2.24, 2.45) is 0 Å². The maximum atomic E-state index is 12.9. The van der Waals surface area contributed by atoms with Crippen LogP contribution in [0.3, 0.4) is 0 Å². The molecule has 6 nitrogen and oxygen atoms in total. The van der Waals surface area contributed by atoms with Crippen molar-refractivity contribution in [2.45, 2.75) is 25.3 Å². The Morgan fingerprint density at radius 3 is 2.56 bits per heavy atom. The van der Waals surface area contributed by atoms with Crippen LogP contribution in [0, 0.1) is 19.7 Å². The number of hydrogen-bond donors (Lipinski definition) is 1. The lowest BCUT2D eigenvalue weighted by Gasteiger charge is -2.06. The third kappa shape index (κ3) is 5.37. The molecule has 0 saturated carbocycles. The summed E-state index contributed by atoms with van der Waals surface area (Å²) in [5.74, 6) is 0.571. The van der Waals surface area contributed by atoms with E-state index in [1.807, 2.05) is 32.0 Å². The van der Waals surface area contributed by atoms with Gasteiger partial charge in [0.15, 0.2) is 5.82 Å². The second-order valence-corrected chi connectivity index (χ2v) is 7.08. The van der Waals surface area contributed by atoms with Crippen LogP contribution in [0.5, 0.6) is 0 Å². The SMILES string of the molecule is Cc1cc(C)n(-c2ccc(SCC(=O)NCCc3ccc(F)cc3)nn2)n1. The van der Waals surface area contributed by atoms with Crippen molar-refractivity contribution in [1.82, 2.24) is 25.3 Å². The zero-order valence-electron chi connectivity index (χ0n) is 15.1. The fourth-order valence-electron chi connectivity index (χ4n) is 2.55. The highest BCUT2D eigenvalue weighted by Crippen LogP contribution is 2.16. The molecule has 0 radical (unpaired) electrons. The van der Waals surface area contributed by atoms with Gasteiger partial charge in [0.2, 0.25) is 5.91 Å². The summed E-state index contributed by atoms with van der Waals surface area (Å²) in [7, 11) is 0. The van der Waals surface area contributed by atoms with E-state index in [1.54, 1.807) is 16.8 Å². The predicted octanol–water partition coefficient (Wildman–Crippen LogP) is 2.87. The summed E-state index contributed by atoms with van der Waals surface area (Å²) in [6, 6.07) is 11.9. The summed E-state index contributed by atoms with van der Waals surface area (Å²) in [6.45, 7) is 4.39. The molecule has 1 N–H and O–H groups in total. The number of carbonyl (C=O) groups excluding carboxylic acids is 1. The first-order valence-electron chi connectivity index (χ1n) is 8.52. The van der Waals surface area contributed by atoms with Gasteiger partial charge in [-0.1, -0.05) is 23.9 Å². The van der Waals surface area contributed by atoms with E-state index in [0.717, 1.165) is 17.0 Å². The van der Waals surface area contributed by atoms with Gasteiger partial charge in [0.05, 0.1) is 11.4 Å². The van der Waals surface area contributed by atoms with E-state index in [1.165, 1.54) is 23.9 Å². The van der Waals surface area contributed by atoms with E-state index in [0.29, 0.717) is 23.8 Å². The van der Waals surface area contributed by atoms with Crippen molar-refractivity contribution in [3.63, 3.8) is 0 Å². The van der Waals surface area contributed by atoms with Gasteiger partial charge in [-0.05, 0) is 56.2 Å². The number of aromatic nitrogens is 4. The first kappa shape index (κ1) is 19.0. The van der Waals surface area contributed by atoms with Gasteiger partial charge < -0.3 is 5.32 Å². The van der Waals surface area contributed by atoms with Crippen molar-refractivity contribution in [3.05, 3.63) is 65.2 Å². The van der Waals surface area contributed by atoms with Crippen molar-refractivity contribution in [2.75, 3.05) is 12.3 Å². The van der Waals surface area contributed by atoms with E-state index in [9.17, 15) is 9.18 Å². The fraction of sp³-hybridized carbons (Fsp3) is 0.263. The molecule has 3 rings (SSSR count). The standard InChI is InChI=1S/C19H20FN5OS/c1-13-11-14(2)25(24-13)17-7-8-19(23-22-17)27-12-18(26)21-10-9-15-3-5-16(20)6-4-15/h3-8,11H,9-10,12H2,1-2H3,(H,21,26). The summed E-state index contributed by atoms with van der Waals surface area (Å²) in [4.78, 5) is 11.9. The Kier molecular flexibility index (Phi) is 6.18. The number of aryl methyl sites for hydroxylation is 2. The second kappa shape index (κ2) is 8.77. The zero-order chi connectivity index (χ0) is 19.2. The van der Waals surface area contributed by atoms with Crippen molar-refractivity contribution < 1.29 is 9.18 Å². The molecule has 0 aliphatic carbocycles. The van der Waals surface area contributed by atoms with Gasteiger partial charge in [-0.3, -0.25) is 4.79 Å². The molecule has 1 amide bonds. The molecule has 0 spiro atoms. The van der Waals surface area contributed by atoms with Crippen LogP contribution in [0.4, 0.5) is 4.39 Å². The van der Waals surface area contributed by atoms with Crippen LogP contribution < -0.4 is 5.32 Å². The third-order valence-electron chi connectivity index (χ3n) is 3.85. The van der Waals surface area contributed by atoms with Gasteiger partial charge in [0.25, 0.3) is 0 Å². The molecule has 0 atom stereocenters. The molecule has 1 aromatic carbocycles. The molecule has 3 aromatic rings. The van der Waals surface area contributed by atoms with Crippen LogP contribution in [0.15, 0.2) is 47.5 Å². The number of halogens is 1. The van der Waals surface area contributed by atoms with Crippen LogP contribution in [0.2, 0.25) is 0 Å². The second-order valence-electron chi connectivity index (χ2n) is 6.08. The molecule has 0 saturated heterocycles. The number of amides is 1. The number of nitrogens with zero attached hydrogens (tertiary/aromatic N) is 4. The number of thioether (sulfide) groups is 1. The lowest BCUT2D eigenvalue weighted by Crippen LogP contribution is -2.27. The van der Waals surface area contributed by atoms with E-state index in [2.05, 4.69) is 20.6 Å². The summed E-state index contributed by atoms with van der Waals surface area (Å²) in [6.07, 6.45) is 0.661. The minimum Gasteiger partial charge on any atom is -0.355 e. The van der Waals surface area contributed by atoms with E-state index in [-0.39, 0.29) is 17.5 Å². The predicted molar refractivity (Wildman–Crippen MR) is 102 cm³/mol. The van der Waals surface area contributed by atoms with Crippen LogP contribution in [-0.2, 0) is 11.2 Å². The molecule has 0 aliphatic heterocycles. The monoisotopic (exact) mass is 385 g/mol. The summed E-state index contributed by atoms with van der Waals surface area (Å²) >= 11 is 1.33. The Morgan fingerprint density at radius 2 is 1.93 bits per heavy atom. The van der Waals surface area contributed by atoms with Crippen molar-refractivity contribution in [3.8, 4) is 5.82 Å². The van der Waals surface area contributed by atoms with Gasteiger partial charge in [0, 0.05) is 12.2 Å². The van der Waals surface area contributed by atoms with Crippen LogP contribution in [-0.4, -0.2) is 38.2 Å². The molecular formula is C19H20FN5OS. The van der Waals surface area contributed by atoms with E-state index in [4.69, 9.17) is 0 Å². The Bertz CT molecular complexity index is 909. The average molecular weight is 385 g/mol. The number of nitrogens with one attached hydrogen (secondary N) is 1. The summed E-state index contributed by atoms with van der Waals surface area (Å²) < 4.78 is 14.6. The quantitative estimate of drug-likeness (QED) is 0.633. The molecule has 140 valence electrons. The lowest BCUT2D eigenvalue weighted by molar-refractivity contribution is -0.118. The van der Waals surface area contributed by atoms with Gasteiger partial charge in [-0.25, -0.2) is 9.07 Å². The maximum Gasteiger partial charge on any atom is 0.230 e. The summed E-state index contributed by atoms with van der Waals surface area (Å²) in [5, 5.41) is 16.2. The molecule has 0 unspecified atom stereocenters. The molecule has 2 heterocycles.